The van der Waals surface area contributed by atoms with E-state index < -0.39 is 0 Å². The molecule has 31 heavy (non-hydrogen) atoms. The molecule has 0 bridgehead atoms. The third-order valence-corrected chi connectivity index (χ3v) is 6.24. The minimum atomic E-state index is -0.314. The van der Waals surface area contributed by atoms with Gasteiger partial charge in [0.2, 0.25) is 5.95 Å². The molecule has 1 fully saturated rings. The van der Waals surface area contributed by atoms with Crippen LogP contribution in [0.1, 0.15) is 38.6 Å². The van der Waals surface area contributed by atoms with E-state index in [2.05, 4.69) is 55.6 Å². The van der Waals surface area contributed by atoms with Gasteiger partial charge in [-0.15, -0.1) is 0 Å². The number of anilines is 1. The summed E-state index contributed by atoms with van der Waals surface area (Å²) in [5.74, 6) is 1.13. The molecule has 0 unspecified atom stereocenters. The normalized spacial score (nSPS) is 16.1. The quantitative estimate of drug-likeness (QED) is 0.507. The Balaban J connectivity index is 1.50. The number of halogens is 1. The molecule has 0 amide bonds. The highest BCUT2D eigenvalue weighted by molar-refractivity contribution is 5.96. The van der Waals surface area contributed by atoms with Crippen LogP contribution in [0.5, 0.6) is 0 Å². The van der Waals surface area contributed by atoms with Crippen LogP contribution in [-0.4, -0.2) is 55.6 Å². The molecule has 0 spiro atoms. The van der Waals surface area contributed by atoms with Crippen molar-refractivity contribution >= 4 is 28.0 Å². The topological polar surface area (TPSA) is 74.7 Å². The summed E-state index contributed by atoms with van der Waals surface area (Å²) in [5, 5.41) is 4.33. The third kappa shape index (κ3) is 3.54. The van der Waals surface area contributed by atoms with Crippen molar-refractivity contribution in [1.29, 1.82) is 0 Å². The van der Waals surface area contributed by atoms with Crippen LogP contribution in [0.25, 0.3) is 33.2 Å². The molecule has 0 radical (unpaired) electrons. The van der Waals surface area contributed by atoms with Gasteiger partial charge in [0.05, 0.1) is 5.52 Å². The Hall–Kier alpha value is -3.00. The number of hydrogen-bond acceptors (Lipinski definition) is 5. The number of aromatic amines is 1. The number of aryl methyl sites for hydroxylation is 1. The van der Waals surface area contributed by atoms with E-state index in [1.807, 2.05) is 25.4 Å². The van der Waals surface area contributed by atoms with Gasteiger partial charge in [-0.1, -0.05) is 0 Å². The molecule has 0 aliphatic carbocycles. The van der Waals surface area contributed by atoms with Gasteiger partial charge in [0.1, 0.15) is 17.0 Å². The molecule has 7 nitrogen and oxygen atoms in total. The maximum atomic E-state index is 14.9. The van der Waals surface area contributed by atoms with Gasteiger partial charge in [-0.2, -0.15) is 4.98 Å². The molecule has 0 atom stereocenters. The van der Waals surface area contributed by atoms with E-state index in [1.165, 1.54) is 0 Å². The minimum absolute atomic E-state index is 0.194. The van der Waals surface area contributed by atoms with Gasteiger partial charge >= 0.3 is 0 Å². The van der Waals surface area contributed by atoms with Gasteiger partial charge < -0.3 is 19.8 Å². The van der Waals surface area contributed by atoms with Crippen molar-refractivity contribution in [2.45, 2.75) is 45.7 Å². The lowest BCUT2D eigenvalue weighted by Crippen LogP contribution is -2.37. The first-order chi connectivity index (χ1) is 14.9. The lowest BCUT2D eigenvalue weighted by molar-refractivity contribution is 0.263. The van der Waals surface area contributed by atoms with Gasteiger partial charge in [-0.05, 0) is 71.4 Å². The van der Waals surface area contributed by atoms with Crippen LogP contribution < -0.4 is 5.32 Å². The third-order valence-electron chi connectivity index (χ3n) is 6.24. The van der Waals surface area contributed by atoms with E-state index in [9.17, 15) is 4.39 Å². The molecule has 1 saturated heterocycles. The van der Waals surface area contributed by atoms with Crippen molar-refractivity contribution < 1.29 is 4.39 Å². The van der Waals surface area contributed by atoms with Crippen LogP contribution in [0, 0.1) is 12.7 Å². The van der Waals surface area contributed by atoms with E-state index in [1.54, 1.807) is 6.07 Å². The Labute approximate surface area is 180 Å². The highest BCUT2D eigenvalue weighted by atomic mass is 19.1. The predicted octanol–water partition coefficient (Wildman–Crippen LogP) is 4.51. The first kappa shape index (κ1) is 19.9. The second-order valence-electron chi connectivity index (χ2n) is 8.83. The molecule has 5 rings (SSSR count). The zero-order valence-electron chi connectivity index (χ0n) is 18.4. The van der Waals surface area contributed by atoms with Gasteiger partial charge in [0.15, 0.2) is 5.82 Å². The van der Waals surface area contributed by atoms with E-state index >= 15 is 0 Å². The molecule has 8 heteroatoms. The van der Waals surface area contributed by atoms with Crippen molar-refractivity contribution in [3.05, 3.63) is 36.2 Å². The first-order valence-electron chi connectivity index (χ1n) is 10.9. The zero-order valence-corrected chi connectivity index (χ0v) is 18.4. The molecular formula is C23H28FN7. The molecule has 3 aromatic heterocycles. The van der Waals surface area contributed by atoms with Gasteiger partial charge in [-0.25, -0.2) is 14.4 Å². The number of imidazole rings is 1. The number of nitrogens with zero attached hydrogens (tertiary/aromatic N) is 5. The van der Waals surface area contributed by atoms with Crippen LogP contribution in [0.2, 0.25) is 0 Å². The van der Waals surface area contributed by atoms with E-state index in [4.69, 9.17) is 0 Å². The van der Waals surface area contributed by atoms with Crippen LogP contribution in [0.3, 0.4) is 0 Å². The summed E-state index contributed by atoms with van der Waals surface area (Å²) in [7, 11) is 2.15. The summed E-state index contributed by atoms with van der Waals surface area (Å²) in [4.78, 5) is 19.2. The summed E-state index contributed by atoms with van der Waals surface area (Å²) in [6.07, 6.45) is 5.85. The maximum absolute atomic E-state index is 14.9. The summed E-state index contributed by atoms with van der Waals surface area (Å²) >= 11 is 0. The molecule has 1 aliphatic heterocycles. The monoisotopic (exact) mass is 421 g/mol. The second kappa shape index (κ2) is 7.60. The van der Waals surface area contributed by atoms with E-state index in [-0.39, 0.29) is 11.9 Å². The fraction of sp³-hybridized carbons (Fsp3) is 0.435. The van der Waals surface area contributed by atoms with Crippen LogP contribution >= 0.6 is 0 Å². The molecule has 2 N–H and O–H groups in total. The van der Waals surface area contributed by atoms with Gasteiger partial charge in [0, 0.05) is 35.4 Å². The number of hydrogen-bond donors (Lipinski definition) is 2. The summed E-state index contributed by atoms with van der Waals surface area (Å²) < 4.78 is 17.0. The van der Waals surface area contributed by atoms with Crippen molar-refractivity contribution in [2.24, 2.45) is 0 Å². The first-order valence-corrected chi connectivity index (χ1v) is 10.9. The van der Waals surface area contributed by atoms with E-state index in [0.29, 0.717) is 17.5 Å². The number of likely N-dealkylation sites (tertiary alicyclic amines) is 1. The largest absolute Gasteiger partial charge is 0.351 e. The predicted molar refractivity (Wildman–Crippen MR) is 122 cm³/mol. The number of piperidine rings is 1. The number of benzene rings is 1. The van der Waals surface area contributed by atoms with Crippen molar-refractivity contribution in [3.63, 3.8) is 0 Å². The fourth-order valence-corrected chi connectivity index (χ4v) is 4.63. The van der Waals surface area contributed by atoms with Crippen LogP contribution in [0.15, 0.2) is 24.5 Å². The average molecular weight is 422 g/mol. The van der Waals surface area contributed by atoms with Crippen LogP contribution in [0.4, 0.5) is 10.3 Å². The standard InChI is InChI=1S/C23H28FN7/c1-13(2)31-14(3)27-21-19(24)9-15(10-20(21)31)17-11-25-22-18(17)12-26-23(29-22)28-16-5-7-30(4)8-6-16/h9-13,16H,5-8H2,1-4H3,(H2,25,26,28,29). The maximum Gasteiger partial charge on any atom is 0.224 e. The number of aromatic nitrogens is 5. The average Bonchev–Trinajstić information content (AvgIpc) is 3.30. The molecule has 1 aromatic carbocycles. The van der Waals surface area contributed by atoms with Crippen molar-refractivity contribution in [2.75, 3.05) is 25.5 Å². The lowest BCUT2D eigenvalue weighted by atomic mass is 10.1. The number of rotatable bonds is 4. The van der Waals surface area contributed by atoms with E-state index in [0.717, 1.165) is 59.4 Å². The van der Waals surface area contributed by atoms with Crippen molar-refractivity contribution in [1.82, 2.24) is 29.4 Å². The Morgan fingerprint density at radius 3 is 2.71 bits per heavy atom. The highest BCUT2D eigenvalue weighted by Crippen LogP contribution is 2.33. The number of nitrogens with one attached hydrogen (secondary N) is 2. The Morgan fingerprint density at radius 1 is 1.19 bits per heavy atom. The molecule has 4 heterocycles. The van der Waals surface area contributed by atoms with Gasteiger partial charge in [0.25, 0.3) is 0 Å². The smallest absolute Gasteiger partial charge is 0.224 e. The fourth-order valence-electron chi connectivity index (χ4n) is 4.63. The molecule has 0 saturated carbocycles. The molecule has 4 aromatic rings. The Morgan fingerprint density at radius 2 is 1.97 bits per heavy atom. The Bertz CT molecular complexity index is 1250. The second-order valence-corrected chi connectivity index (χ2v) is 8.83. The lowest BCUT2D eigenvalue weighted by Gasteiger charge is -2.29. The Kier molecular flexibility index (Phi) is 4.89. The zero-order chi connectivity index (χ0) is 21.7. The summed E-state index contributed by atoms with van der Waals surface area (Å²) in [6, 6.07) is 4.14. The molecule has 162 valence electrons. The SMILES string of the molecule is Cc1nc2c(F)cc(-c3c[nH]c4nc(NC5CCN(C)CC5)ncc34)cc2n1C(C)C. The van der Waals surface area contributed by atoms with Gasteiger partial charge in [-0.3, -0.25) is 0 Å². The van der Waals surface area contributed by atoms with Crippen LogP contribution in [-0.2, 0) is 0 Å². The minimum Gasteiger partial charge on any atom is -0.351 e. The van der Waals surface area contributed by atoms with Crippen molar-refractivity contribution in [3.8, 4) is 11.1 Å². The summed E-state index contributed by atoms with van der Waals surface area (Å²) in [5.41, 5.74) is 3.64. The molecule has 1 aliphatic rings. The highest BCUT2D eigenvalue weighted by Gasteiger charge is 2.19. The number of H-pyrrole nitrogens is 1. The number of fused-ring (bicyclic) bond motifs is 2. The molecular weight excluding hydrogens is 393 g/mol. The summed E-state index contributed by atoms with van der Waals surface area (Å²) in [6.45, 7) is 8.23.